The molecular weight excluding hydrogens is 310 g/mol. The number of carbonyl (C=O) groups is 2. The molecule has 24 heavy (non-hydrogen) atoms. The van der Waals surface area contributed by atoms with Gasteiger partial charge in [-0.1, -0.05) is 6.92 Å². The first-order valence-corrected chi connectivity index (χ1v) is 8.42. The Kier molecular flexibility index (Phi) is 5.20. The van der Waals surface area contributed by atoms with E-state index in [0.717, 1.165) is 11.3 Å². The zero-order valence-electron chi connectivity index (χ0n) is 15.4. The molecule has 0 aromatic carbocycles. The third kappa shape index (κ3) is 3.71. The molecule has 1 aromatic rings. The number of ether oxygens (including phenoxy) is 2. The lowest BCUT2D eigenvalue weighted by Crippen LogP contribution is -2.41. The summed E-state index contributed by atoms with van der Waals surface area (Å²) in [6.07, 6.45) is -0.376. The summed E-state index contributed by atoms with van der Waals surface area (Å²) >= 11 is 0. The highest BCUT2D eigenvalue weighted by Crippen LogP contribution is 2.31. The predicted molar refractivity (Wildman–Crippen MR) is 88.9 cm³/mol. The quantitative estimate of drug-likeness (QED) is 0.793. The Morgan fingerprint density at radius 2 is 1.96 bits per heavy atom. The summed E-state index contributed by atoms with van der Waals surface area (Å²) in [5.74, 6) is -0.379. The van der Waals surface area contributed by atoms with Crippen molar-refractivity contribution in [1.82, 2.24) is 14.7 Å². The van der Waals surface area contributed by atoms with E-state index in [2.05, 4.69) is 5.10 Å². The Bertz CT molecular complexity index is 631. The predicted octanol–water partition coefficient (Wildman–Crippen LogP) is 2.93. The maximum absolute atomic E-state index is 12.4. The second-order valence-electron chi connectivity index (χ2n) is 7.01. The summed E-state index contributed by atoms with van der Waals surface area (Å²) in [7, 11) is 0. The van der Waals surface area contributed by atoms with Crippen molar-refractivity contribution in [2.75, 3.05) is 13.2 Å². The van der Waals surface area contributed by atoms with Crippen molar-refractivity contribution < 1.29 is 19.1 Å². The van der Waals surface area contributed by atoms with Crippen LogP contribution in [-0.4, -0.2) is 45.5 Å². The number of amides is 1. The van der Waals surface area contributed by atoms with Gasteiger partial charge in [-0.15, -0.1) is 0 Å². The largest absolute Gasteiger partial charge is 0.461 e. The van der Waals surface area contributed by atoms with Crippen LogP contribution in [0, 0.1) is 0 Å². The Hall–Kier alpha value is -2.05. The van der Waals surface area contributed by atoms with Crippen molar-refractivity contribution in [2.24, 2.45) is 0 Å². The molecule has 0 unspecified atom stereocenters. The third-order valence-electron chi connectivity index (χ3n) is 3.82. The van der Waals surface area contributed by atoms with Crippen LogP contribution in [0.1, 0.15) is 69.2 Å². The number of hydrogen-bond acceptors (Lipinski definition) is 5. The van der Waals surface area contributed by atoms with Crippen LogP contribution in [-0.2, 0) is 22.6 Å². The van der Waals surface area contributed by atoms with Gasteiger partial charge in [0.1, 0.15) is 5.60 Å². The molecule has 0 N–H and O–H groups in total. The van der Waals surface area contributed by atoms with Gasteiger partial charge >= 0.3 is 12.1 Å². The molecule has 0 spiro atoms. The summed E-state index contributed by atoms with van der Waals surface area (Å²) in [6, 6.07) is 0. The first-order chi connectivity index (χ1) is 11.2. The number of nitrogens with zero attached hydrogens (tertiary/aromatic N) is 3. The summed E-state index contributed by atoms with van der Waals surface area (Å²) in [4.78, 5) is 26.3. The standard InChI is InChI=1S/C17H27N3O4/c1-7-20-14-11(3)9-19(16(22)24-17(4,5)6)10-12(14)13(18-20)15(21)23-8-2/h11H,7-10H2,1-6H3/t11-/m1/s1. The lowest BCUT2D eigenvalue weighted by atomic mass is 9.96. The first kappa shape index (κ1) is 18.3. The Balaban J connectivity index is 2.35. The molecule has 0 fully saturated rings. The van der Waals surface area contributed by atoms with E-state index in [1.807, 2.05) is 39.3 Å². The van der Waals surface area contributed by atoms with E-state index in [0.29, 0.717) is 25.3 Å². The van der Waals surface area contributed by atoms with E-state index in [-0.39, 0.29) is 18.6 Å². The number of aromatic nitrogens is 2. The fourth-order valence-electron chi connectivity index (χ4n) is 2.96. The Morgan fingerprint density at radius 1 is 1.29 bits per heavy atom. The number of esters is 1. The van der Waals surface area contributed by atoms with Crippen molar-refractivity contribution in [1.29, 1.82) is 0 Å². The van der Waals surface area contributed by atoms with Gasteiger partial charge in [-0.05, 0) is 34.6 Å². The molecule has 1 aliphatic rings. The van der Waals surface area contributed by atoms with Gasteiger partial charge in [-0.3, -0.25) is 4.68 Å². The van der Waals surface area contributed by atoms with E-state index in [4.69, 9.17) is 9.47 Å². The highest BCUT2D eigenvalue weighted by molar-refractivity contribution is 5.89. The number of carbonyl (C=O) groups excluding carboxylic acids is 2. The van der Waals surface area contributed by atoms with Gasteiger partial charge in [0.2, 0.25) is 0 Å². The van der Waals surface area contributed by atoms with E-state index < -0.39 is 11.6 Å². The van der Waals surface area contributed by atoms with E-state index in [1.165, 1.54) is 0 Å². The van der Waals surface area contributed by atoms with Gasteiger partial charge in [0.15, 0.2) is 5.69 Å². The average Bonchev–Trinajstić information content (AvgIpc) is 2.85. The molecular formula is C17H27N3O4. The van der Waals surface area contributed by atoms with E-state index in [9.17, 15) is 9.59 Å². The minimum Gasteiger partial charge on any atom is -0.461 e. The normalized spacial score (nSPS) is 17.4. The van der Waals surface area contributed by atoms with Crippen molar-refractivity contribution >= 4 is 12.1 Å². The van der Waals surface area contributed by atoms with Crippen LogP contribution in [0.5, 0.6) is 0 Å². The van der Waals surface area contributed by atoms with Gasteiger partial charge in [-0.2, -0.15) is 5.10 Å². The van der Waals surface area contributed by atoms with Crippen molar-refractivity contribution in [3.63, 3.8) is 0 Å². The number of hydrogen-bond donors (Lipinski definition) is 0. The summed E-state index contributed by atoms with van der Waals surface area (Å²) < 4.78 is 12.4. The van der Waals surface area contributed by atoms with Crippen LogP contribution in [0.4, 0.5) is 4.79 Å². The molecule has 1 aliphatic heterocycles. The first-order valence-electron chi connectivity index (χ1n) is 8.42. The van der Waals surface area contributed by atoms with Crippen LogP contribution in [0.15, 0.2) is 0 Å². The second-order valence-corrected chi connectivity index (χ2v) is 7.01. The maximum atomic E-state index is 12.4. The molecule has 7 nitrogen and oxygen atoms in total. The fraction of sp³-hybridized carbons (Fsp3) is 0.706. The van der Waals surface area contributed by atoms with Gasteiger partial charge in [0.25, 0.3) is 0 Å². The molecule has 0 radical (unpaired) electrons. The molecule has 0 saturated heterocycles. The lowest BCUT2D eigenvalue weighted by Gasteiger charge is -2.33. The molecule has 0 saturated carbocycles. The molecule has 2 rings (SSSR count). The minimum atomic E-state index is -0.557. The Morgan fingerprint density at radius 3 is 2.50 bits per heavy atom. The molecule has 0 bridgehead atoms. The molecule has 1 atom stereocenters. The molecule has 1 aromatic heterocycles. The topological polar surface area (TPSA) is 73.7 Å². The smallest absolute Gasteiger partial charge is 0.410 e. The zero-order chi connectivity index (χ0) is 18.1. The van der Waals surface area contributed by atoms with Crippen LogP contribution in [0.2, 0.25) is 0 Å². The molecule has 0 aliphatic carbocycles. The molecule has 134 valence electrons. The van der Waals surface area contributed by atoms with Crippen molar-refractivity contribution in [2.45, 2.75) is 66.2 Å². The minimum absolute atomic E-state index is 0.0666. The van der Waals surface area contributed by atoms with Crippen molar-refractivity contribution in [3.8, 4) is 0 Å². The maximum Gasteiger partial charge on any atom is 0.410 e. The van der Waals surface area contributed by atoms with Gasteiger partial charge < -0.3 is 14.4 Å². The van der Waals surface area contributed by atoms with Crippen molar-refractivity contribution in [3.05, 3.63) is 17.0 Å². The third-order valence-corrected chi connectivity index (χ3v) is 3.82. The lowest BCUT2D eigenvalue weighted by molar-refractivity contribution is 0.0203. The Labute approximate surface area is 142 Å². The molecule has 1 amide bonds. The highest BCUT2D eigenvalue weighted by Gasteiger charge is 2.35. The summed E-state index contributed by atoms with van der Waals surface area (Å²) in [5.41, 5.74) is 1.51. The van der Waals surface area contributed by atoms with Gasteiger partial charge in [0, 0.05) is 30.3 Å². The van der Waals surface area contributed by atoms with Gasteiger partial charge in [0.05, 0.1) is 13.2 Å². The van der Waals surface area contributed by atoms with Gasteiger partial charge in [-0.25, -0.2) is 9.59 Å². The zero-order valence-corrected chi connectivity index (χ0v) is 15.4. The number of rotatable bonds is 3. The molecule has 2 heterocycles. The SMILES string of the molecule is CCOC(=O)c1nn(CC)c2c1CN(C(=O)OC(C)(C)C)C[C@H]2C. The number of aryl methyl sites for hydroxylation is 1. The second kappa shape index (κ2) is 6.83. The van der Waals surface area contributed by atoms with Crippen LogP contribution >= 0.6 is 0 Å². The van der Waals surface area contributed by atoms with Crippen LogP contribution in [0.3, 0.4) is 0 Å². The van der Waals surface area contributed by atoms with E-state index in [1.54, 1.807) is 11.8 Å². The highest BCUT2D eigenvalue weighted by atomic mass is 16.6. The fourth-order valence-corrected chi connectivity index (χ4v) is 2.96. The number of fused-ring (bicyclic) bond motifs is 1. The summed E-state index contributed by atoms with van der Waals surface area (Å²) in [5, 5.41) is 4.41. The average molecular weight is 337 g/mol. The molecule has 7 heteroatoms. The monoisotopic (exact) mass is 337 g/mol. The summed E-state index contributed by atoms with van der Waals surface area (Å²) in [6.45, 7) is 13.1. The van der Waals surface area contributed by atoms with Crippen LogP contribution < -0.4 is 0 Å². The van der Waals surface area contributed by atoms with E-state index >= 15 is 0 Å². The van der Waals surface area contributed by atoms with Crippen LogP contribution in [0.25, 0.3) is 0 Å².